The van der Waals surface area contributed by atoms with E-state index in [1.165, 1.54) is 11.3 Å². The van der Waals surface area contributed by atoms with E-state index in [1.807, 2.05) is 18.3 Å². The van der Waals surface area contributed by atoms with E-state index in [2.05, 4.69) is 53.4 Å². The zero-order valence-electron chi connectivity index (χ0n) is 28.6. The van der Waals surface area contributed by atoms with Crippen molar-refractivity contribution in [3.05, 3.63) is 57.4 Å². The average Bonchev–Trinajstić information content (AvgIpc) is 3.90. The third-order valence-corrected chi connectivity index (χ3v) is 12.5. The monoisotopic (exact) mass is 677 g/mol. The summed E-state index contributed by atoms with van der Waals surface area (Å²) in [5, 5.41) is 21.4. The van der Waals surface area contributed by atoms with E-state index < -0.39 is 5.41 Å². The van der Waals surface area contributed by atoms with Crippen LogP contribution in [-0.2, 0) is 18.3 Å². The molecule has 3 aliphatic rings. The molecule has 4 atom stereocenters. The molecule has 254 valence electrons. The van der Waals surface area contributed by atoms with Crippen molar-refractivity contribution in [3.63, 3.8) is 0 Å². The fourth-order valence-electron chi connectivity index (χ4n) is 9.02. The number of aryl methyl sites for hydroxylation is 1. The fraction of sp³-hybridized carbons (Fsp3) is 0.500. The van der Waals surface area contributed by atoms with Gasteiger partial charge in [0.05, 0.1) is 34.6 Å². The van der Waals surface area contributed by atoms with E-state index in [1.54, 1.807) is 17.5 Å². The van der Waals surface area contributed by atoms with Gasteiger partial charge in [0.15, 0.2) is 22.9 Å². The molecule has 8 rings (SSSR count). The first-order valence-electron chi connectivity index (χ1n) is 17.5. The van der Waals surface area contributed by atoms with Crippen molar-refractivity contribution < 1.29 is 4.52 Å². The third kappa shape index (κ3) is 4.82. The van der Waals surface area contributed by atoms with Gasteiger partial charge in [0.2, 0.25) is 0 Å². The number of nitrogens with two attached hydrogens (primary N) is 2. The van der Waals surface area contributed by atoms with Gasteiger partial charge in [0.1, 0.15) is 22.7 Å². The number of anilines is 3. The summed E-state index contributed by atoms with van der Waals surface area (Å²) < 4.78 is 8.45. The molecule has 0 radical (unpaired) electrons. The van der Waals surface area contributed by atoms with Crippen molar-refractivity contribution in [3.8, 4) is 17.6 Å². The first-order valence-corrected chi connectivity index (χ1v) is 18.3. The fourth-order valence-corrected chi connectivity index (χ4v) is 10.2. The van der Waals surface area contributed by atoms with Crippen LogP contribution in [0.3, 0.4) is 0 Å². The number of pyridine rings is 1. The lowest BCUT2D eigenvalue weighted by atomic mass is 9.63. The summed E-state index contributed by atoms with van der Waals surface area (Å²) in [6.07, 6.45) is 11.4. The molecule has 1 spiro atoms. The molecule has 12 nitrogen and oxygen atoms in total. The van der Waals surface area contributed by atoms with Crippen LogP contribution in [-0.4, -0.2) is 61.0 Å². The van der Waals surface area contributed by atoms with E-state index in [9.17, 15) is 5.26 Å². The maximum Gasteiger partial charge on any atom is 0.186 e. The molecular formula is C36H43N11OS. The van der Waals surface area contributed by atoms with Crippen molar-refractivity contribution in [1.29, 1.82) is 5.26 Å². The number of aromatic nitrogens is 6. The minimum absolute atomic E-state index is 0.102. The van der Waals surface area contributed by atoms with Gasteiger partial charge < -0.3 is 25.8 Å². The molecule has 5 aromatic heterocycles. The second-order valence-electron chi connectivity index (χ2n) is 13.9. The molecule has 6 heterocycles. The number of likely N-dealkylation sites (tertiary alicyclic amines) is 1. The van der Waals surface area contributed by atoms with Gasteiger partial charge in [-0.1, -0.05) is 11.2 Å². The molecule has 5 aromatic rings. The molecular weight excluding hydrogens is 635 g/mol. The van der Waals surface area contributed by atoms with Gasteiger partial charge >= 0.3 is 0 Å². The molecule has 0 bridgehead atoms. The molecule has 4 unspecified atom stereocenters. The number of nitrogen functional groups attached to an aromatic ring is 2. The van der Waals surface area contributed by atoms with Gasteiger partial charge in [-0.15, -0.1) is 11.3 Å². The van der Waals surface area contributed by atoms with Crippen molar-refractivity contribution in [2.24, 2.45) is 0 Å². The predicted octanol–water partition coefficient (Wildman–Crippen LogP) is 6.18. The third-order valence-electron chi connectivity index (χ3n) is 11.4. The Labute approximate surface area is 290 Å². The Kier molecular flexibility index (Phi) is 7.83. The Morgan fingerprint density at radius 3 is 2.73 bits per heavy atom. The number of likely N-dealkylation sites (N-methyl/N-ethyl adjacent to an activating group) is 1. The normalized spacial score (nSPS) is 21.8. The van der Waals surface area contributed by atoms with Crippen LogP contribution in [0, 0.1) is 11.3 Å². The molecule has 0 aromatic carbocycles. The first-order chi connectivity index (χ1) is 23.8. The van der Waals surface area contributed by atoms with Crippen LogP contribution < -0.4 is 16.4 Å². The van der Waals surface area contributed by atoms with Crippen LogP contribution in [0.5, 0.6) is 0 Å². The van der Waals surface area contributed by atoms with E-state index >= 15 is 0 Å². The van der Waals surface area contributed by atoms with Crippen molar-refractivity contribution in [2.45, 2.75) is 95.7 Å². The maximum atomic E-state index is 10.2. The molecule has 1 fully saturated rings. The lowest BCUT2D eigenvalue weighted by Gasteiger charge is -2.39. The number of nitrogens with zero attached hydrogens (tertiary/aromatic N) is 9. The Morgan fingerprint density at radius 2 is 2.00 bits per heavy atom. The number of nitriles is 1. The molecule has 1 aliphatic heterocycles. The smallest absolute Gasteiger partial charge is 0.186 e. The number of rotatable bonds is 7. The second kappa shape index (κ2) is 12.1. The zero-order valence-corrected chi connectivity index (χ0v) is 29.4. The van der Waals surface area contributed by atoms with E-state index in [4.69, 9.17) is 36.2 Å². The predicted molar refractivity (Wildman–Crippen MR) is 191 cm³/mol. The summed E-state index contributed by atoms with van der Waals surface area (Å²) in [4.78, 5) is 20.8. The van der Waals surface area contributed by atoms with Crippen LogP contribution in [0.2, 0.25) is 0 Å². The highest BCUT2D eigenvalue weighted by molar-refractivity contribution is 7.16. The minimum Gasteiger partial charge on any atom is -0.389 e. The van der Waals surface area contributed by atoms with E-state index in [0.717, 1.165) is 90.8 Å². The molecule has 2 aliphatic carbocycles. The molecule has 4 N–H and O–H groups in total. The topological polar surface area (TPSA) is 165 Å². The van der Waals surface area contributed by atoms with Crippen molar-refractivity contribution in [2.75, 3.05) is 36.5 Å². The quantitative estimate of drug-likeness (QED) is 0.202. The lowest BCUT2D eigenvalue weighted by molar-refractivity contribution is 0.232. The molecule has 0 amide bonds. The van der Waals surface area contributed by atoms with E-state index in [-0.39, 0.29) is 12.1 Å². The lowest BCUT2D eigenvalue weighted by Crippen LogP contribution is -2.35. The van der Waals surface area contributed by atoms with Crippen LogP contribution in [0.15, 0.2) is 29.0 Å². The van der Waals surface area contributed by atoms with Gasteiger partial charge in [-0.05, 0) is 97.4 Å². The summed E-state index contributed by atoms with van der Waals surface area (Å²) in [6, 6.07) is 6.71. The standard InChI is InChI=1S/C36H43N11OS/c1-5-46(20(2)22-11-8-16-40-31(22)38)34-25-19-41-47(21(3)26-12-9-17-45(26)4)35(25)43-33(42-34)29-23-10-6-14-36(30(23)48-44-29)15-7-13-27-28(36)24(18-37)32(39)49-27/h8,11,16,19-21,26H,5-7,9-10,12-15,17,39H2,1-4H3,(H2,38,40). The van der Waals surface area contributed by atoms with Crippen LogP contribution >= 0.6 is 11.3 Å². The Hall–Kier alpha value is -4.54. The van der Waals surface area contributed by atoms with Gasteiger partial charge in [-0.2, -0.15) is 10.4 Å². The summed E-state index contributed by atoms with van der Waals surface area (Å²) in [5.41, 5.74) is 17.4. The molecule has 13 heteroatoms. The van der Waals surface area contributed by atoms with Gasteiger partial charge in [-0.3, -0.25) is 0 Å². The summed E-state index contributed by atoms with van der Waals surface area (Å²) in [5.74, 6) is 2.63. The largest absolute Gasteiger partial charge is 0.389 e. The Morgan fingerprint density at radius 1 is 1.18 bits per heavy atom. The maximum absolute atomic E-state index is 10.2. The highest BCUT2D eigenvalue weighted by Gasteiger charge is 2.49. The number of hydrogen-bond donors (Lipinski definition) is 2. The van der Waals surface area contributed by atoms with Crippen molar-refractivity contribution >= 4 is 39.0 Å². The van der Waals surface area contributed by atoms with Crippen molar-refractivity contribution in [1.82, 2.24) is 34.8 Å². The average molecular weight is 678 g/mol. The summed E-state index contributed by atoms with van der Waals surface area (Å²) in [7, 11) is 2.19. The number of hydrogen-bond acceptors (Lipinski definition) is 12. The van der Waals surface area contributed by atoms with Crippen LogP contribution in [0.1, 0.15) is 104 Å². The molecule has 49 heavy (non-hydrogen) atoms. The Balaban J connectivity index is 1.31. The van der Waals surface area contributed by atoms with Crippen LogP contribution in [0.25, 0.3) is 22.6 Å². The number of fused-ring (bicyclic) bond motifs is 5. The zero-order chi connectivity index (χ0) is 34.0. The summed E-state index contributed by atoms with van der Waals surface area (Å²) in [6.45, 7) is 8.24. The van der Waals surface area contributed by atoms with Gasteiger partial charge in [0, 0.05) is 34.8 Å². The first kappa shape index (κ1) is 31.7. The Bertz CT molecular complexity index is 2090. The van der Waals surface area contributed by atoms with Gasteiger partial charge in [-0.25, -0.2) is 19.6 Å². The highest BCUT2D eigenvalue weighted by atomic mass is 32.1. The molecule has 0 saturated carbocycles. The molecule has 1 saturated heterocycles. The SMILES string of the molecule is CCN(c1nc(-c2noc3c2CCCC32CCCc3sc(N)c(C#N)c32)nc2c1cnn2C(C)C1CCCN1C)C(C)c1cccnc1N. The highest BCUT2D eigenvalue weighted by Crippen LogP contribution is 2.55. The summed E-state index contributed by atoms with van der Waals surface area (Å²) >= 11 is 1.55. The van der Waals surface area contributed by atoms with Crippen LogP contribution in [0.4, 0.5) is 16.6 Å². The van der Waals surface area contributed by atoms with E-state index in [0.29, 0.717) is 40.5 Å². The minimum atomic E-state index is -0.427. The number of thiophene rings is 1. The van der Waals surface area contributed by atoms with Gasteiger partial charge in [0.25, 0.3) is 0 Å². The second-order valence-corrected chi connectivity index (χ2v) is 15.1.